The van der Waals surface area contributed by atoms with E-state index in [1.54, 1.807) is 0 Å². The van der Waals surface area contributed by atoms with Gasteiger partial charge in [0.15, 0.2) is 0 Å². The van der Waals surface area contributed by atoms with Gasteiger partial charge in [0.25, 0.3) is 25.6 Å². The molecule has 0 aromatic heterocycles. The summed E-state index contributed by atoms with van der Waals surface area (Å²) in [5.74, 6) is 1.75. The van der Waals surface area contributed by atoms with Crippen LogP contribution in [0.4, 0.5) is 0 Å². The molecule has 3 fully saturated rings. The molecule has 19 heteroatoms. The highest BCUT2D eigenvalue weighted by atomic mass is 31.2. The van der Waals surface area contributed by atoms with Crippen molar-refractivity contribution in [2.75, 3.05) is 91.8 Å². The van der Waals surface area contributed by atoms with Crippen LogP contribution in [0.2, 0.25) is 0 Å². The Kier molecular flexibility index (Phi) is 50.2. The maximum Gasteiger partial charge on any atom is 0.259 e. The molecule has 88 heavy (non-hydrogen) atoms. The molecule has 3 saturated heterocycles. The van der Waals surface area contributed by atoms with E-state index in [-0.39, 0.29) is 18.3 Å². The summed E-state index contributed by atoms with van der Waals surface area (Å²) < 4.78 is 45.3. The number of hydrogen-bond acceptors (Lipinski definition) is 12. The van der Waals surface area contributed by atoms with Gasteiger partial charge in [-0.3, -0.25) is 4.79 Å². The number of amides is 1. The first-order valence-corrected chi connectivity index (χ1v) is 39.0. The van der Waals surface area contributed by atoms with Crippen molar-refractivity contribution in [1.82, 2.24) is 28.7 Å². The van der Waals surface area contributed by atoms with Crippen molar-refractivity contribution in [1.29, 1.82) is 0 Å². The Morgan fingerprint density at radius 1 is 0.432 bits per heavy atom. The maximum atomic E-state index is 12.6. The lowest BCUT2D eigenvalue weighted by molar-refractivity contribution is -0.134. The van der Waals surface area contributed by atoms with Crippen LogP contribution in [0.15, 0.2) is 0 Å². The second-order valence-electron chi connectivity index (χ2n) is 26.4. The quantitative estimate of drug-likeness (QED) is 0.0329. The average Bonchev–Trinajstić information content (AvgIpc) is 3.09. The second-order valence-corrected chi connectivity index (χ2v) is 30.7. The summed E-state index contributed by atoms with van der Waals surface area (Å²) in [5.41, 5.74) is 0. The second kappa shape index (κ2) is 52.1. The molecule has 0 saturated carbocycles. The molecule has 3 aliphatic rings. The lowest BCUT2D eigenvalue weighted by Gasteiger charge is -2.42. The van der Waals surface area contributed by atoms with E-state index < -0.39 is 25.6 Å². The Morgan fingerprint density at radius 2 is 0.727 bits per heavy atom. The minimum absolute atomic E-state index is 0.0955. The number of unbranched alkanes of at least 4 members (excludes halogenated alkanes) is 11. The molecule has 3 rings (SSSR count). The van der Waals surface area contributed by atoms with Gasteiger partial charge < -0.3 is 56.4 Å². The van der Waals surface area contributed by atoms with Gasteiger partial charge in [0.1, 0.15) is 19.8 Å². The van der Waals surface area contributed by atoms with E-state index in [2.05, 4.69) is 163 Å². The fourth-order valence-corrected chi connectivity index (χ4v) is 17.8. The topological polar surface area (TPSA) is 105 Å². The van der Waals surface area contributed by atoms with E-state index in [9.17, 15) is 4.79 Å². The van der Waals surface area contributed by atoms with Gasteiger partial charge in [-0.25, -0.2) is 33.7 Å². The molecule has 0 bridgehead atoms. The number of nitrogens with zero attached hydrogens (tertiary/aromatic N) is 9. The minimum Gasteiger partial charge on any atom is -0.342 e. The third-order valence-corrected chi connectivity index (χ3v) is 23.6. The molecule has 16 nitrogen and oxygen atoms in total. The first-order valence-electron chi connectivity index (χ1n) is 35.6. The molecule has 3 aliphatic heterocycles. The van der Waals surface area contributed by atoms with Gasteiger partial charge in [-0.2, -0.15) is 0 Å². The predicted octanol–water partition coefficient (Wildman–Crippen LogP) is 18.6. The van der Waals surface area contributed by atoms with Crippen LogP contribution in [-0.2, 0) is 31.9 Å². The molecule has 1 amide bonds. The summed E-state index contributed by atoms with van der Waals surface area (Å²) in [6.45, 7) is 71.9. The maximum absolute atomic E-state index is 12.6. The number of carbonyl (C=O) groups is 1. The zero-order chi connectivity index (χ0) is 65.8. The third kappa shape index (κ3) is 34.8. The lowest BCUT2D eigenvalue weighted by atomic mass is 9.92. The Bertz CT molecular complexity index is 1740. The van der Waals surface area contributed by atoms with Gasteiger partial charge in [0, 0.05) is 87.9 Å². The fourth-order valence-electron chi connectivity index (χ4n) is 12.4. The van der Waals surface area contributed by atoms with E-state index >= 15 is 0 Å². The highest BCUT2D eigenvalue weighted by molar-refractivity contribution is 7.45. The molecule has 3 unspecified atom stereocenters. The summed E-state index contributed by atoms with van der Waals surface area (Å²) in [6.07, 6.45) is 25.6. The van der Waals surface area contributed by atoms with Crippen molar-refractivity contribution >= 4 is 31.5 Å². The van der Waals surface area contributed by atoms with Crippen molar-refractivity contribution in [3.63, 3.8) is 0 Å². The van der Waals surface area contributed by atoms with E-state index in [0.717, 1.165) is 90.6 Å². The van der Waals surface area contributed by atoms with E-state index in [1.165, 1.54) is 90.1 Å². The van der Waals surface area contributed by atoms with Gasteiger partial charge >= 0.3 is 0 Å². The van der Waals surface area contributed by atoms with Crippen molar-refractivity contribution in [2.45, 2.75) is 314 Å². The SMILES string of the molecule is [C-]#[N+]CCOP(O[C@@H]1CCN(C(=O)CCCCCC)C[C@H]1CC)N(C(C)C)C(C)C.[C-]#[N+]CCOP(O[C@@H]1CCN(CCCCCCC)C[C@H]1CC)N(C(C)C)C(C)C.[C-]#[N+]CCOP(O[C@H]1CCN(CCCCCCC)C[C@H]1CC)N(C(C)C)C(C)C. The van der Waals surface area contributed by atoms with Crippen LogP contribution < -0.4 is 0 Å². The molecule has 0 radical (unpaired) electrons. The van der Waals surface area contributed by atoms with Gasteiger partial charge in [-0.05, 0) is 166 Å². The number of carbonyl (C=O) groups excluding carboxylic acids is 1. The molecule has 0 spiro atoms. The molecule has 0 aromatic rings. The largest absolute Gasteiger partial charge is 0.342 e. The molecule has 3 heterocycles. The first-order chi connectivity index (χ1) is 42.2. The summed E-state index contributed by atoms with van der Waals surface area (Å²) in [5, 5.41) is 0. The predicted molar refractivity (Wildman–Crippen MR) is 375 cm³/mol. The van der Waals surface area contributed by atoms with Gasteiger partial charge in [0.2, 0.25) is 25.5 Å². The summed E-state index contributed by atoms with van der Waals surface area (Å²) >= 11 is 0. The van der Waals surface area contributed by atoms with Crippen LogP contribution in [0.25, 0.3) is 14.5 Å². The molecule has 0 aliphatic carbocycles. The van der Waals surface area contributed by atoms with Crippen LogP contribution in [0.3, 0.4) is 0 Å². The third-order valence-electron chi connectivity index (χ3n) is 17.1. The summed E-state index contributed by atoms with van der Waals surface area (Å²) in [4.78, 5) is 30.3. The van der Waals surface area contributed by atoms with Crippen LogP contribution in [-0.4, -0.2) is 181 Å². The molecule has 0 aromatic carbocycles. The molecule has 9 atom stereocenters. The van der Waals surface area contributed by atoms with Crippen LogP contribution in [0, 0.1) is 37.5 Å². The Labute approximate surface area is 547 Å². The van der Waals surface area contributed by atoms with E-state index in [1.807, 2.05) is 4.90 Å². The van der Waals surface area contributed by atoms with Gasteiger partial charge in [0.05, 0.1) is 18.3 Å². The Hall–Kier alpha value is -1.21. The summed E-state index contributed by atoms with van der Waals surface area (Å²) in [6, 6.07) is 2.03. The average molecular weight is 1300 g/mol. The lowest BCUT2D eigenvalue weighted by Crippen LogP contribution is -2.47. The normalized spacial score (nSPS) is 21.4. The standard InChI is InChI=1S/C23H44N3O3P.2C23H46N3O2P/c1-8-10-11-12-13-23(27)25-16-14-22(21(9-2)18-25)29-30(28-17-15-24-7)26(19(3)4)20(5)6;2*1-8-10-11-12-13-16-25-17-14-23(22(9-2)19-25)28-29(27-18-15-24-7)26(20(3)4)21(5)6/h19-22H,8-18H2,1-6H3;2*20-23H,8-19H2,1-6H3/t21-,22-,30?;22-,23+,29?;22-,23-,29?/m111/s1. The minimum atomic E-state index is -1.23. The number of piperidine rings is 3. The van der Waals surface area contributed by atoms with Crippen LogP contribution in [0.5, 0.6) is 0 Å². The first kappa shape index (κ1) is 84.8. The van der Waals surface area contributed by atoms with E-state index in [0.29, 0.717) is 106 Å². The van der Waals surface area contributed by atoms with Crippen molar-refractivity contribution in [2.24, 2.45) is 17.8 Å². The number of likely N-dealkylation sites (tertiary alicyclic amines) is 3. The zero-order valence-electron chi connectivity index (χ0n) is 59.9. The monoisotopic (exact) mass is 1300 g/mol. The number of hydrogen-bond donors (Lipinski definition) is 0. The molecule has 514 valence electrons. The Morgan fingerprint density at radius 3 is 1.02 bits per heavy atom. The van der Waals surface area contributed by atoms with Gasteiger partial charge in [-0.15, -0.1) is 0 Å². The summed E-state index contributed by atoms with van der Waals surface area (Å²) in [7, 11) is -3.49. The smallest absolute Gasteiger partial charge is 0.259 e. The number of rotatable bonds is 44. The fraction of sp³-hybridized carbons (Fsp3) is 0.942. The van der Waals surface area contributed by atoms with Crippen LogP contribution >= 0.6 is 25.6 Å². The molecular weight excluding hydrogens is 1160 g/mol. The highest BCUT2D eigenvalue weighted by Crippen LogP contribution is 2.51. The molecule has 0 N–H and O–H groups in total. The Balaban J connectivity index is 0.000000660. The zero-order valence-corrected chi connectivity index (χ0v) is 62.6. The van der Waals surface area contributed by atoms with Crippen molar-refractivity contribution < 1.29 is 31.9 Å². The highest BCUT2D eigenvalue weighted by Gasteiger charge is 2.39. The van der Waals surface area contributed by atoms with Gasteiger partial charge in [-0.1, -0.05) is 112 Å². The van der Waals surface area contributed by atoms with Crippen molar-refractivity contribution in [3.05, 3.63) is 34.3 Å². The molecular formula is C69H136N9O7P3. The van der Waals surface area contributed by atoms with Crippen molar-refractivity contribution in [3.8, 4) is 0 Å². The van der Waals surface area contributed by atoms with Crippen LogP contribution in [0.1, 0.15) is 259 Å². The van der Waals surface area contributed by atoms with E-state index in [4.69, 9.17) is 46.9 Å².